The van der Waals surface area contributed by atoms with Crippen molar-refractivity contribution in [2.45, 2.75) is 20.4 Å². The molecule has 0 saturated carbocycles. The molecule has 168 valence electrons. The molecule has 2 amide bonds. The minimum Gasteiger partial charge on any atom is -0.361 e. The van der Waals surface area contributed by atoms with Crippen LogP contribution in [0.2, 0.25) is 5.02 Å². The first kappa shape index (κ1) is 21.5. The number of nitrogens with one attached hydrogen (secondary N) is 2. The van der Waals surface area contributed by atoms with Crippen molar-refractivity contribution in [3.63, 3.8) is 0 Å². The first-order chi connectivity index (χ1) is 16.0. The van der Waals surface area contributed by atoms with E-state index in [1.807, 2.05) is 48.7 Å². The average molecular weight is 461 g/mol. The Morgan fingerprint density at radius 1 is 0.909 bits per heavy atom. The molecule has 0 atom stereocenters. The Morgan fingerprint density at radius 3 is 2.36 bits per heavy atom. The number of halogens is 1. The third-order valence-electron chi connectivity index (χ3n) is 6.46. The first-order valence-electron chi connectivity index (χ1n) is 11.2. The van der Waals surface area contributed by atoms with E-state index in [1.54, 1.807) is 6.20 Å². The van der Waals surface area contributed by atoms with Gasteiger partial charge in [0, 0.05) is 52.9 Å². The number of H-pyrrole nitrogens is 1. The number of hydrogen-bond donors (Lipinski definition) is 2. The molecule has 7 heteroatoms. The zero-order valence-corrected chi connectivity index (χ0v) is 19.4. The molecule has 0 radical (unpaired) electrons. The summed E-state index contributed by atoms with van der Waals surface area (Å²) in [7, 11) is 0. The second-order valence-corrected chi connectivity index (χ2v) is 8.59. The van der Waals surface area contributed by atoms with Gasteiger partial charge in [-0.2, -0.15) is 0 Å². The Balaban J connectivity index is 1.72. The highest BCUT2D eigenvalue weighted by Crippen LogP contribution is 2.39. The van der Waals surface area contributed by atoms with Gasteiger partial charge in [-0.05, 0) is 25.2 Å². The van der Waals surface area contributed by atoms with Gasteiger partial charge < -0.3 is 14.5 Å². The molecule has 6 nitrogen and oxygen atoms in total. The first-order valence-corrected chi connectivity index (χ1v) is 11.6. The van der Waals surface area contributed by atoms with E-state index < -0.39 is 0 Å². The number of carbonyl (C=O) groups excluding carboxylic acids is 2. The van der Waals surface area contributed by atoms with Crippen LogP contribution in [0.25, 0.3) is 33.0 Å². The Hall–Kier alpha value is -3.35. The van der Waals surface area contributed by atoms with Crippen LogP contribution in [0.3, 0.4) is 0 Å². The van der Waals surface area contributed by atoms with Crippen LogP contribution in [0, 0.1) is 0 Å². The minimum absolute atomic E-state index is 0.383. The molecule has 5 rings (SSSR count). The van der Waals surface area contributed by atoms with E-state index >= 15 is 0 Å². The molecule has 0 fully saturated rings. The second kappa shape index (κ2) is 8.54. The predicted octanol–water partition coefficient (Wildman–Crippen LogP) is 4.69. The van der Waals surface area contributed by atoms with E-state index in [0.717, 1.165) is 59.1 Å². The van der Waals surface area contributed by atoms with Gasteiger partial charge in [-0.25, -0.2) is 0 Å². The van der Waals surface area contributed by atoms with Gasteiger partial charge in [0.1, 0.15) is 0 Å². The van der Waals surface area contributed by atoms with Crippen LogP contribution in [-0.4, -0.2) is 45.9 Å². The lowest BCUT2D eigenvalue weighted by Gasteiger charge is -2.18. The van der Waals surface area contributed by atoms with E-state index in [9.17, 15) is 9.59 Å². The number of amides is 2. The second-order valence-electron chi connectivity index (χ2n) is 8.18. The fraction of sp³-hybridized carbons (Fsp3) is 0.231. The van der Waals surface area contributed by atoms with Crippen molar-refractivity contribution in [2.75, 3.05) is 19.6 Å². The lowest BCUT2D eigenvalue weighted by Crippen LogP contribution is -2.26. The van der Waals surface area contributed by atoms with Gasteiger partial charge in [0.25, 0.3) is 11.8 Å². The largest absolute Gasteiger partial charge is 0.361 e. The van der Waals surface area contributed by atoms with Crippen molar-refractivity contribution in [3.05, 3.63) is 71.0 Å². The zero-order chi connectivity index (χ0) is 23.1. The summed E-state index contributed by atoms with van der Waals surface area (Å²) in [6.07, 6.45) is 3.76. The quantitative estimate of drug-likeness (QED) is 0.393. The Kier molecular flexibility index (Phi) is 5.56. The molecule has 4 aromatic rings. The lowest BCUT2D eigenvalue weighted by molar-refractivity contribution is -0.122. The number of aromatic nitrogens is 2. The standard InChI is InChI=1S/C26H25ClN4O2/c1-3-30(4-2)12-13-31-15-19(17-9-7-10-20(27)24(17)31)23-22(25(32)29-26(23)33)18-14-28-21-11-6-5-8-16(18)21/h5-11,14-15,28H,3-4,12-13H2,1-2H3,(H,29,32,33). The summed E-state index contributed by atoms with van der Waals surface area (Å²) in [6.45, 7) is 7.80. The molecule has 0 saturated heterocycles. The molecule has 0 spiro atoms. The normalized spacial score (nSPS) is 14.3. The van der Waals surface area contributed by atoms with Crippen LogP contribution in [0.1, 0.15) is 25.0 Å². The van der Waals surface area contributed by atoms with Crippen LogP contribution < -0.4 is 5.32 Å². The maximum Gasteiger partial charge on any atom is 0.259 e. The number of fused-ring (bicyclic) bond motifs is 2. The molecule has 0 bridgehead atoms. The Bertz CT molecular complexity index is 1420. The van der Waals surface area contributed by atoms with Gasteiger partial charge in [0.2, 0.25) is 0 Å². The van der Waals surface area contributed by atoms with Gasteiger partial charge in [-0.1, -0.05) is 55.8 Å². The van der Waals surface area contributed by atoms with Crippen LogP contribution in [0.5, 0.6) is 0 Å². The molecule has 1 aliphatic rings. The third kappa shape index (κ3) is 3.56. The number of nitrogens with zero attached hydrogens (tertiary/aromatic N) is 2. The maximum absolute atomic E-state index is 13.1. The van der Waals surface area contributed by atoms with E-state index in [4.69, 9.17) is 11.6 Å². The highest BCUT2D eigenvalue weighted by molar-refractivity contribution is 6.51. The number of benzene rings is 2. The van der Waals surface area contributed by atoms with E-state index in [-0.39, 0.29) is 11.8 Å². The number of imide groups is 1. The fourth-order valence-electron chi connectivity index (χ4n) is 4.73. The van der Waals surface area contributed by atoms with Gasteiger partial charge in [-0.15, -0.1) is 0 Å². The topological polar surface area (TPSA) is 70.1 Å². The summed E-state index contributed by atoms with van der Waals surface area (Å²) < 4.78 is 2.10. The number of rotatable bonds is 7. The van der Waals surface area contributed by atoms with Gasteiger partial charge in [0.05, 0.1) is 21.7 Å². The molecule has 3 heterocycles. The van der Waals surface area contributed by atoms with Crippen LogP contribution in [0.15, 0.2) is 54.9 Å². The van der Waals surface area contributed by atoms with Crippen molar-refractivity contribution < 1.29 is 9.59 Å². The fourth-order valence-corrected chi connectivity index (χ4v) is 5.01. The number of aromatic amines is 1. The molecule has 2 N–H and O–H groups in total. The molecule has 2 aromatic heterocycles. The van der Waals surface area contributed by atoms with Crippen molar-refractivity contribution in [3.8, 4) is 0 Å². The predicted molar refractivity (Wildman–Crippen MR) is 133 cm³/mol. The van der Waals surface area contributed by atoms with Gasteiger partial charge in [-0.3, -0.25) is 14.9 Å². The molecule has 0 unspecified atom stereocenters. The molecular formula is C26H25ClN4O2. The summed E-state index contributed by atoms with van der Waals surface area (Å²) in [5, 5.41) is 4.89. The summed E-state index contributed by atoms with van der Waals surface area (Å²) in [5.74, 6) is -0.770. The zero-order valence-electron chi connectivity index (χ0n) is 18.6. The van der Waals surface area contributed by atoms with Gasteiger partial charge >= 0.3 is 0 Å². The molecule has 1 aliphatic heterocycles. The van der Waals surface area contributed by atoms with Crippen molar-refractivity contribution in [1.82, 2.24) is 19.8 Å². The van der Waals surface area contributed by atoms with E-state index in [1.165, 1.54) is 0 Å². The number of para-hydroxylation sites is 2. The van der Waals surface area contributed by atoms with E-state index in [0.29, 0.717) is 16.2 Å². The van der Waals surface area contributed by atoms with Crippen molar-refractivity contribution >= 4 is 56.4 Å². The monoisotopic (exact) mass is 460 g/mol. The lowest BCUT2D eigenvalue weighted by atomic mass is 9.95. The Morgan fingerprint density at radius 2 is 1.61 bits per heavy atom. The number of carbonyl (C=O) groups is 2. The Labute approximate surface area is 196 Å². The summed E-state index contributed by atoms with van der Waals surface area (Å²) in [5.41, 5.74) is 4.00. The van der Waals surface area contributed by atoms with Crippen molar-refractivity contribution in [2.24, 2.45) is 0 Å². The third-order valence-corrected chi connectivity index (χ3v) is 6.76. The number of likely N-dealkylation sites (N-methyl/N-ethyl adjacent to an activating group) is 1. The molecule has 33 heavy (non-hydrogen) atoms. The highest BCUT2D eigenvalue weighted by Gasteiger charge is 2.35. The summed E-state index contributed by atoms with van der Waals surface area (Å²) >= 11 is 6.62. The van der Waals surface area contributed by atoms with E-state index in [2.05, 4.69) is 33.6 Å². The summed E-state index contributed by atoms with van der Waals surface area (Å²) in [6, 6.07) is 13.5. The smallest absolute Gasteiger partial charge is 0.259 e. The molecule has 2 aromatic carbocycles. The molecule has 0 aliphatic carbocycles. The van der Waals surface area contributed by atoms with Crippen LogP contribution in [0.4, 0.5) is 0 Å². The summed E-state index contributed by atoms with van der Waals surface area (Å²) in [4.78, 5) is 31.6. The molecular weight excluding hydrogens is 436 g/mol. The number of hydrogen-bond acceptors (Lipinski definition) is 3. The SMILES string of the molecule is CCN(CC)CCn1cc(C2=C(c3c[nH]c4ccccc34)C(=O)NC2=O)c2cccc(Cl)c21. The maximum atomic E-state index is 13.1. The minimum atomic E-state index is -0.386. The highest BCUT2D eigenvalue weighted by atomic mass is 35.5. The van der Waals surface area contributed by atoms with Crippen molar-refractivity contribution in [1.29, 1.82) is 0 Å². The van der Waals surface area contributed by atoms with Gasteiger partial charge in [0.15, 0.2) is 0 Å². The van der Waals surface area contributed by atoms with Crippen LogP contribution in [-0.2, 0) is 16.1 Å². The average Bonchev–Trinajstić information content (AvgIpc) is 3.48. The van der Waals surface area contributed by atoms with Crippen LogP contribution >= 0.6 is 11.6 Å².